The van der Waals surface area contributed by atoms with Crippen LogP contribution >= 0.6 is 11.6 Å². The van der Waals surface area contributed by atoms with Crippen molar-refractivity contribution in [3.8, 4) is 5.75 Å². The normalized spacial score (nSPS) is 9.80. The van der Waals surface area contributed by atoms with Gasteiger partial charge in [-0.3, -0.25) is 0 Å². The summed E-state index contributed by atoms with van der Waals surface area (Å²) in [4.78, 5) is 0. The first kappa shape index (κ1) is 7.41. The number of phenolic OH excluding ortho intramolecular Hbond substituents is 1. The Labute approximate surface area is 63.8 Å². The van der Waals surface area contributed by atoms with Crippen LogP contribution in [0.25, 0.3) is 0 Å². The first-order valence-electron chi connectivity index (χ1n) is 2.76. The molecule has 10 heavy (non-hydrogen) atoms. The summed E-state index contributed by atoms with van der Waals surface area (Å²) in [5, 5.41) is 9.19. The van der Waals surface area contributed by atoms with Crippen molar-refractivity contribution < 1.29 is 9.50 Å². The van der Waals surface area contributed by atoms with Gasteiger partial charge in [0.2, 0.25) is 0 Å². The van der Waals surface area contributed by atoms with Gasteiger partial charge in [0.1, 0.15) is 19.4 Å². The van der Waals surface area contributed by atoms with Crippen molar-refractivity contribution in [2.24, 2.45) is 0 Å². The molecule has 1 rings (SSSR count). The van der Waals surface area contributed by atoms with Gasteiger partial charge in [-0.1, -0.05) is 11.6 Å². The molecule has 0 saturated heterocycles. The third kappa shape index (κ3) is 1.09. The Kier molecular flexibility index (Phi) is 1.86. The molecule has 0 amide bonds. The molecule has 0 bridgehead atoms. The van der Waals surface area contributed by atoms with Crippen molar-refractivity contribution in [1.82, 2.24) is 0 Å². The number of hydrogen-bond donors (Lipinski definition) is 1. The highest BCUT2D eigenvalue weighted by atomic mass is 35.5. The molecule has 0 unspecified atom stereocenters. The molecule has 0 radical (unpaired) electrons. The third-order valence-electron chi connectivity index (χ3n) is 1.32. The molecule has 1 aromatic rings. The van der Waals surface area contributed by atoms with Crippen molar-refractivity contribution in [3.05, 3.63) is 23.0 Å². The minimum atomic E-state index is -0.443. The zero-order chi connectivity index (χ0) is 7.72. The molecule has 1 nitrogen and oxygen atoms in total. The molecule has 0 fully saturated rings. The van der Waals surface area contributed by atoms with Crippen LogP contribution in [-0.2, 0) is 0 Å². The highest BCUT2D eigenvalue weighted by molar-refractivity contribution is 6.39. The average Bonchev–Trinajstić information content (AvgIpc) is 1.93. The lowest BCUT2D eigenvalue weighted by Gasteiger charge is -2.00. The van der Waals surface area contributed by atoms with Gasteiger partial charge in [-0.15, -0.1) is 0 Å². The number of halogens is 2. The van der Waals surface area contributed by atoms with Gasteiger partial charge in [0.05, 0.1) is 5.02 Å². The van der Waals surface area contributed by atoms with Gasteiger partial charge in [-0.25, -0.2) is 4.39 Å². The topological polar surface area (TPSA) is 20.2 Å². The second kappa shape index (κ2) is 2.50. The Morgan fingerprint density at radius 2 is 2.10 bits per heavy atom. The van der Waals surface area contributed by atoms with Crippen LogP contribution < -0.4 is 5.46 Å². The lowest BCUT2D eigenvalue weighted by atomic mass is 9.94. The monoisotopic (exact) mass is 158 g/mol. The lowest BCUT2D eigenvalue weighted by Crippen LogP contribution is -2.08. The predicted octanol–water partition coefficient (Wildman–Crippen LogP) is 0.443. The van der Waals surface area contributed by atoms with Crippen LogP contribution in [0.2, 0.25) is 5.02 Å². The zero-order valence-electron chi connectivity index (χ0n) is 5.36. The van der Waals surface area contributed by atoms with E-state index in [1.54, 1.807) is 0 Å². The minimum Gasteiger partial charge on any atom is -0.507 e. The fourth-order valence-corrected chi connectivity index (χ4v) is 0.847. The maximum Gasteiger partial charge on any atom is 0.148 e. The van der Waals surface area contributed by atoms with Crippen LogP contribution in [0.3, 0.4) is 0 Å². The number of rotatable bonds is 0. The van der Waals surface area contributed by atoms with Crippen LogP contribution in [-0.4, -0.2) is 13.0 Å². The molecule has 0 aliphatic heterocycles. The minimum absolute atomic E-state index is 0.179. The van der Waals surface area contributed by atoms with E-state index in [9.17, 15) is 4.39 Å². The van der Waals surface area contributed by atoms with Gasteiger partial charge in [-0.2, -0.15) is 0 Å². The summed E-state index contributed by atoms with van der Waals surface area (Å²) in [6.45, 7) is 0. The number of benzene rings is 1. The number of phenols is 1. The average molecular weight is 158 g/mol. The second-order valence-corrected chi connectivity index (χ2v) is 2.41. The van der Waals surface area contributed by atoms with Gasteiger partial charge in [0, 0.05) is 0 Å². The largest absolute Gasteiger partial charge is 0.507 e. The van der Waals surface area contributed by atoms with Crippen LogP contribution in [0.5, 0.6) is 5.75 Å². The summed E-state index contributed by atoms with van der Waals surface area (Å²) in [7, 11) is 1.47. The summed E-state index contributed by atoms with van der Waals surface area (Å²) < 4.78 is 12.5. The van der Waals surface area contributed by atoms with Crippen molar-refractivity contribution in [2.45, 2.75) is 0 Å². The van der Waals surface area contributed by atoms with Crippen LogP contribution in [0, 0.1) is 5.82 Å². The van der Waals surface area contributed by atoms with Crippen LogP contribution in [0.4, 0.5) is 4.39 Å². The highest BCUT2D eigenvalue weighted by Crippen LogP contribution is 2.19. The van der Waals surface area contributed by atoms with E-state index < -0.39 is 5.82 Å². The van der Waals surface area contributed by atoms with Gasteiger partial charge in [-0.05, 0) is 17.6 Å². The summed E-state index contributed by atoms with van der Waals surface area (Å²) in [5.74, 6) is -0.622. The third-order valence-corrected chi connectivity index (χ3v) is 1.62. The smallest absolute Gasteiger partial charge is 0.148 e. The molecule has 1 aromatic carbocycles. The molecule has 52 valence electrons. The Bertz CT molecular complexity index is 237. The fourth-order valence-electron chi connectivity index (χ4n) is 0.642. The maximum absolute atomic E-state index is 12.5. The maximum atomic E-state index is 12.5. The lowest BCUT2D eigenvalue weighted by molar-refractivity contribution is 0.475. The Balaban J connectivity index is 3.34. The Morgan fingerprint density at radius 3 is 2.60 bits per heavy atom. The highest BCUT2D eigenvalue weighted by Gasteiger charge is 2.04. The standard InChI is InChI=1S/C6H5BClFO/c7-5-4(9)2-1-3(8)6(5)10/h1-2,10H,7H2. The van der Waals surface area contributed by atoms with Crippen molar-refractivity contribution in [3.63, 3.8) is 0 Å². The summed E-state index contributed by atoms with van der Waals surface area (Å²) in [6, 6.07) is 2.54. The van der Waals surface area contributed by atoms with Crippen molar-refractivity contribution >= 4 is 24.9 Å². The molecule has 0 atom stereocenters. The van der Waals surface area contributed by atoms with Crippen molar-refractivity contribution in [2.75, 3.05) is 0 Å². The molecule has 0 saturated carbocycles. The van der Waals surface area contributed by atoms with E-state index in [1.807, 2.05) is 0 Å². The van der Waals surface area contributed by atoms with E-state index >= 15 is 0 Å². The van der Waals surface area contributed by atoms with Crippen LogP contribution in [0.15, 0.2) is 12.1 Å². The molecular weight excluding hydrogens is 153 g/mol. The zero-order valence-corrected chi connectivity index (χ0v) is 6.11. The summed E-state index contributed by atoms with van der Waals surface area (Å²) >= 11 is 5.47. The van der Waals surface area contributed by atoms with Crippen LogP contribution in [0.1, 0.15) is 0 Å². The number of hydrogen-bond acceptors (Lipinski definition) is 1. The van der Waals surface area contributed by atoms with E-state index in [-0.39, 0.29) is 16.2 Å². The van der Waals surface area contributed by atoms with E-state index in [4.69, 9.17) is 16.7 Å². The van der Waals surface area contributed by atoms with E-state index in [0.29, 0.717) is 0 Å². The first-order chi connectivity index (χ1) is 4.63. The van der Waals surface area contributed by atoms with E-state index in [1.165, 1.54) is 20.0 Å². The molecule has 0 spiro atoms. The van der Waals surface area contributed by atoms with E-state index in [2.05, 4.69) is 0 Å². The molecule has 1 N–H and O–H groups in total. The molecular formula is C6H5BClFO. The second-order valence-electron chi connectivity index (χ2n) is 2.00. The van der Waals surface area contributed by atoms with E-state index in [0.717, 1.165) is 0 Å². The van der Waals surface area contributed by atoms with Gasteiger partial charge in [0.15, 0.2) is 0 Å². The van der Waals surface area contributed by atoms with Crippen molar-refractivity contribution in [1.29, 1.82) is 0 Å². The Hall–Kier alpha value is -0.695. The van der Waals surface area contributed by atoms with Gasteiger partial charge < -0.3 is 5.11 Å². The predicted molar refractivity (Wildman–Crippen MR) is 41.3 cm³/mol. The summed E-state index contributed by atoms with van der Waals surface area (Å²) in [5.41, 5.74) is 0.188. The SMILES string of the molecule is Bc1c(F)ccc(Cl)c1O. The van der Waals surface area contributed by atoms with Gasteiger partial charge in [0.25, 0.3) is 0 Å². The Morgan fingerprint density at radius 1 is 1.50 bits per heavy atom. The number of aromatic hydroxyl groups is 1. The summed E-state index contributed by atoms with van der Waals surface area (Å²) in [6.07, 6.45) is 0. The fraction of sp³-hybridized carbons (Fsp3) is 0. The molecule has 0 aliphatic rings. The molecule has 0 aromatic heterocycles. The first-order valence-corrected chi connectivity index (χ1v) is 3.14. The van der Waals surface area contributed by atoms with Gasteiger partial charge >= 0.3 is 0 Å². The molecule has 0 heterocycles. The molecule has 4 heteroatoms. The molecule has 0 aliphatic carbocycles. The quantitative estimate of drug-likeness (QED) is 0.543.